The molecule has 3 fully saturated rings. The van der Waals surface area contributed by atoms with Gasteiger partial charge in [-0.15, -0.1) is 0 Å². The number of piperazine rings is 1. The van der Waals surface area contributed by atoms with Gasteiger partial charge in [0.15, 0.2) is 0 Å². The lowest BCUT2D eigenvalue weighted by Crippen LogP contribution is -2.55. The van der Waals surface area contributed by atoms with Gasteiger partial charge >= 0.3 is 12.1 Å². The lowest BCUT2D eigenvalue weighted by atomic mass is 9.55. The Morgan fingerprint density at radius 3 is 2.65 bits per heavy atom. The van der Waals surface area contributed by atoms with Crippen LogP contribution in [0.4, 0.5) is 18.9 Å². The summed E-state index contributed by atoms with van der Waals surface area (Å²) in [4.78, 5) is 17.0. The zero-order valence-electron chi connectivity index (χ0n) is 19.7. The Kier molecular flexibility index (Phi) is 5.96. The molecule has 34 heavy (non-hydrogen) atoms. The van der Waals surface area contributed by atoms with E-state index in [0.29, 0.717) is 50.7 Å². The van der Waals surface area contributed by atoms with Crippen molar-refractivity contribution in [3.63, 3.8) is 0 Å². The van der Waals surface area contributed by atoms with Crippen molar-refractivity contribution in [1.29, 1.82) is 0 Å². The van der Waals surface area contributed by atoms with E-state index in [2.05, 4.69) is 24.8 Å². The molecule has 1 saturated carbocycles. The van der Waals surface area contributed by atoms with E-state index >= 15 is 0 Å². The number of aliphatic hydroxyl groups is 1. The second kappa shape index (κ2) is 8.55. The molecule has 2 aliphatic carbocycles. The van der Waals surface area contributed by atoms with Crippen LogP contribution in [0, 0.1) is 23.2 Å². The second-order valence-corrected chi connectivity index (χ2v) is 10.6. The number of rotatable bonds is 3. The number of hydrogen-bond donors (Lipinski definition) is 1. The molecule has 2 heterocycles. The summed E-state index contributed by atoms with van der Waals surface area (Å²) in [6.45, 7) is 7.30. The topological polar surface area (TPSA) is 53.0 Å². The van der Waals surface area contributed by atoms with Crippen LogP contribution < -0.4 is 4.90 Å². The summed E-state index contributed by atoms with van der Waals surface area (Å²) in [5, 5.41) is 11.5. The Bertz CT molecular complexity index is 972. The van der Waals surface area contributed by atoms with Crippen LogP contribution in [-0.4, -0.2) is 60.9 Å². The molecule has 1 aromatic rings. The number of alkyl halides is 3. The van der Waals surface area contributed by atoms with Crippen LogP contribution in [0.3, 0.4) is 0 Å². The SMILES string of the molecule is C[C@H]1CCC=C2C[C@H]3OC(=O)[C@@H](CN4CCN(c5cccc(C(F)(F)F)c5)CC4)[C@H]3[C@H](O)[C@@]21C. The summed E-state index contributed by atoms with van der Waals surface area (Å²) >= 11 is 0. The average molecular weight is 479 g/mol. The maximum absolute atomic E-state index is 13.1. The molecule has 186 valence electrons. The first kappa shape index (κ1) is 23.7. The summed E-state index contributed by atoms with van der Waals surface area (Å²) < 4.78 is 45.0. The predicted octanol–water partition coefficient (Wildman–Crippen LogP) is 4.11. The van der Waals surface area contributed by atoms with Crippen molar-refractivity contribution in [3.8, 4) is 0 Å². The molecular weight excluding hydrogens is 445 g/mol. The van der Waals surface area contributed by atoms with Gasteiger partial charge in [0.25, 0.3) is 0 Å². The molecule has 1 N–H and O–H groups in total. The fourth-order valence-corrected chi connectivity index (χ4v) is 6.62. The molecule has 0 bridgehead atoms. The van der Waals surface area contributed by atoms with E-state index in [1.807, 2.05) is 4.90 Å². The minimum atomic E-state index is -4.36. The van der Waals surface area contributed by atoms with Crippen LogP contribution in [-0.2, 0) is 15.7 Å². The summed E-state index contributed by atoms with van der Waals surface area (Å²) in [6.07, 6.45) is -0.296. The number of benzene rings is 1. The Morgan fingerprint density at radius 2 is 1.94 bits per heavy atom. The van der Waals surface area contributed by atoms with Gasteiger partial charge in [0.05, 0.1) is 17.6 Å². The number of anilines is 1. The number of aliphatic hydroxyl groups excluding tert-OH is 1. The van der Waals surface area contributed by atoms with Crippen LogP contribution in [0.25, 0.3) is 0 Å². The van der Waals surface area contributed by atoms with Crippen LogP contribution in [0.15, 0.2) is 35.9 Å². The van der Waals surface area contributed by atoms with Crippen LogP contribution in [0.1, 0.15) is 38.7 Å². The third kappa shape index (κ3) is 3.92. The number of allylic oxidation sites excluding steroid dienone is 1. The highest BCUT2D eigenvalue weighted by Gasteiger charge is 2.59. The first-order valence-corrected chi connectivity index (χ1v) is 12.3. The van der Waals surface area contributed by atoms with Crippen molar-refractivity contribution >= 4 is 11.7 Å². The third-order valence-corrected chi connectivity index (χ3v) is 8.94. The zero-order chi connectivity index (χ0) is 24.3. The lowest BCUT2D eigenvalue weighted by Gasteiger charge is -2.52. The maximum atomic E-state index is 13.1. The highest BCUT2D eigenvalue weighted by Crippen LogP contribution is 2.56. The number of carbonyl (C=O) groups excluding carboxylic acids is 1. The quantitative estimate of drug-likeness (QED) is 0.524. The van der Waals surface area contributed by atoms with Crippen LogP contribution >= 0.6 is 0 Å². The van der Waals surface area contributed by atoms with E-state index in [9.17, 15) is 23.1 Å². The number of hydrogen-bond acceptors (Lipinski definition) is 5. The molecule has 0 radical (unpaired) electrons. The molecule has 0 unspecified atom stereocenters. The highest BCUT2D eigenvalue weighted by molar-refractivity contribution is 5.76. The van der Waals surface area contributed by atoms with Crippen molar-refractivity contribution in [2.24, 2.45) is 23.2 Å². The predicted molar refractivity (Wildman–Crippen MR) is 122 cm³/mol. The van der Waals surface area contributed by atoms with Gasteiger partial charge in [-0.3, -0.25) is 9.69 Å². The number of ether oxygens (including phenoxy) is 1. The fraction of sp³-hybridized carbons (Fsp3) is 0.654. The number of nitrogens with zero attached hydrogens (tertiary/aromatic N) is 2. The highest BCUT2D eigenvalue weighted by atomic mass is 19.4. The minimum Gasteiger partial charge on any atom is -0.461 e. The van der Waals surface area contributed by atoms with Crippen molar-refractivity contribution < 1.29 is 27.8 Å². The minimum absolute atomic E-state index is 0.225. The summed E-state index contributed by atoms with van der Waals surface area (Å²) in [6, 6.07) is 5.44. The summed E-state index contributed by atoms with van der Waals surface area (Å²) in [7, 11) is 0. The van der Waals surface area contributed by atoms with Gasteiger partial charge in [0, 0.05) is 56.2 Å². The van der Waals surface area contributed by atoms with Crippen LogP contribution in [0.5, 0.6) is 0 Å². The largest absolute Gasteiger partial charge is 0.461 e. The van der Waals surface area contributed by atoms with Crippen molar-refractivity contribution in [2.45, 2.75) is 51.5 Å². The molecule has 2 saturated heterocycles. The molecule has 0 spiro atoms. The first-order valence-electron chi connectivity index (χ1n) is 12.3. The van der Waals surface area contributed by atoms with Gasteiger partial charge in [0.2, 0.25) is 0 Å². The number of halogens is 3. The molecule has 5 nitrogen and oxygen atoms in total. The normalized spacial score (nSPS) is 36.5. The monoisotopic (exact) mass is 478 g/mol. The van der Waals surface area contributed by atoms with E-state index in [1.165, 1.54) is 17.7 Å². The van der Waals surface area contributed by atoms with Gasteiger partial charge in [-0.2, -0.15) is 13.2 Å². The van der Waals surface area contributed by atoms with E-state index in [1.54, 1.807) is 6.07 Å². The molecule has 1 aromatic carbocycles. The molecule has 0 amide bonds. The maximum Gasteiger partial charge on any atom is 0.416 e. The summed E-state index contributed by atoms with van der Waals surface area (Å²) in [5.74, 6) is -0.495. The molecule has 8 heteroatoms. The van der Waals surface area contributed by atoms with Gasteiger partial charge in [-0.05, 0) is 37.0 Å². The molecule has 4 aliphatic rings. The number of fused-ring (bicyclic) bond motifs is 2. The Morgan fingerprint density at radius 1 is 1.21 bits per heavy atom. The molecule has 0 aromatic heterocycles. The van der Waals surface area contributed by atoms with Gasteiger partial charge in [-0.1, -0.05) is 31.6 Å². The average Bonchev–Trinajstić information content (AvgIpc) is 3.11. The van der Waals surface area contributed by atoms with Gasteiger partial charge in [0.1, 0.15) is 6.10 Å². The van der Waals surface area contributed by atoms with Crippen molar-refractivity contribution in [3.05, 3.63) is 41.5 Å². The van der Waals surface area contributed by atoms with Crippen molar-refractivity contribution in [1.82, 2.24) is 4.90 Å². The van der Waals surface area contributed by atoms with Crippen LogP contribution in [0.2, 0.25) is 0 Å². The summed E-state index contributed by atoms with van der Waals surface area (Å²) in [5.41, 5.74) is 0.824. The molecular formula is C26H33F3N2O3. The van der Waals surface area contributed by atoms with E-state index in [4.69, 9.17) is 4.74 Å². The second-order valence-electron chi connectivity index (χ2n) is 10.6. The van der Waals surface area contributed by atoms with Gasteiger partial charge in [-0.25, -0.2) is 0 Å². The number of carbonyl (C=O) groups is 1. The molecule has 2 aliphatic heterocycles. The zero-order valence-corrected chi connectivity index (χ0v) is 19.7. The van der Waals surface area contributed by atoms with E-state index in [-0.39, 0.29) is 29.3 Å². The Hall–Kier alpha value is -2.06. The Labute approximate surface area is 198 Å². The number of esters is 1. The van der Waals surface area contributed by atoms with Crippen molar-refractivity contribution in [2.75, 3.05) is 37.6 Å². The first-order chi connectivity index (χ1) is 16.1. The third-order valence-electron chi connectivity index (χ3n) is 8.94. The molecule has 6 atom stereocenters. The lowest BCUT2D eigenvalue weighted by molar-refractivity contribution is -0.145. The molecule has 5 rings (SSSR count). The smallest absolute Gasteiger partial charge is 0.416 e. The van der Waals surface area contributed by atoms with E-state index < -0.39 is 17.8 Å². The Balaban J connectivity index is 1.26. The van der Waals surface area contributed by atoms with Gasteiger partial charge < -0.3 is 14.7 Å². The van der Waals surface area contributed by atoms with E-state index in [0.717, 1.165) is 18.9 Å². The standard InChI is InChI=1S/C26H33F3N2O3/c1-16-5-3-6-17-14-21-22(23(32)25(16,17)2)20(24(33)34-21)15-30-9-11-31(12-10-30)19-8-4-7-18(13-19)26(27,28)29/h4,6-8,13,16,20-23,32H,3,5,9-12,14-15H2,1-2H3/t16-,20-,21+,22+,23-,25+/m0/s1. The fourth-order valence-electron chi connectivity index (χ4n) is 6.62.